The van der Waals surface area contributed by atoms with E-state index in [4.69, 9.17) is 14.2 Å². The van der Waals surface area contributed by atoms with Gasteiger partial charge in [-0.1, -0.05) is 6.92 Å². The minimum Gasteiger partial charge on any atom is -0.497 e. The minimum atomic E-state index is -0.856. The summed E-state index contributed by atoms with van der Waals surface area (Å²) < 4.78 is 15.3. The maximum atomic E-state index is 12.6. The van der Waals surface area contributed by atoms with Crippen molar-refractivity contribution in [1.82, 2.24) is 0 Å². The Morgan fingerprint density at radius 2 is 1.86 bits per heavy atom. The minimum absolute atomic E-state index is 0.235. The summed E-state index contributed by atoms with van der Waals surface area (Å²) in [6.45, 7) is 7.54. The summed E-state index contributed by atoms with van der Waals surface area (Å²) in [5, 5.41) is 0. The third kappa shape index (κ3) is 3.74. The van der Waals surface area contributed by atoms with Gasteiger partial charge >= 0.3 is 5.97 Å². The van der Waals surface area contributed by atoms with Crippen LogP contribution in [0.2, 0.25) is 0 Å². The molecule has 1 aromatic rings. The van der Waals surface area contributed by atoms with E-state index in [1.807, 2.05) is 0 Å². The molecule has 0 bridgehead atoms. The smallest absolute Gasteiger partial charge is 0.316 e. The van der Waals surface area contributed by atoms with Crippen LogP contribution in [0, 0.1) is 12.8 Å². The van der Waals surface area contributed by atoms with Gasteiger partial charge < -0.3 is 14.2 Å². The van der Waals surface area contributed by atoms with E-state index >= 15 is 0 Å². The molecule has 1 aromatic carbocycles. The predicted molar refractivity (Wildman–Crippen MR) is 78.7 cm³/mol. The lowest BCUT2D eigenvalue weighted by molar-refractivity contribution is -0.146. The number of rotatable bonds is 7. The summed E-state index contributed by atoms with van der Waals surface area (Å²) in [6.07, 6.45) is 0.352. The highest BCUT2D eigenvalue weighted by molar-refractivity contribution is 6.10. The molecule has 115 valence electrons. The Balaban J connectivity index is 3.26. The molecule has 0 saturated heterocycles. The zero-order valence-electron chi connectivity index (χ0n) is 12.9. The second-order valence-electron chi connectivity index (χ2n) is 4.44. The van der Waals surface area contributed by atoms with E-state index in [9.17, 15) is 9.59 Å². The topological polar surface area (TPSA) is 61.8 Å². The first-order valence-corrected chi connectivity index (χ1v) is 6.78. The van der Waals surface area contributed by atoms with Gasteiger partial charge in [-0.15, -0.1) is 0 Å². The lowest BCUT2D eigenvalue weighted by atomic mass is 9.93. The summed E-state index contributed by atoms with van der Waals surface area (Å²) >= 11 is 0. The molecule has 1 atom stereocenters. The van der Waals surface area contributed by atoms with Crippen LogP contribution in [0.5, 0.6) is 11.5 Å². The summed E-state index contributed by atoms with van der Waals surface area (Å²) in [4.78, 5) is 24.5. The Hall–Kier alpha value is -2.04. The first kappa shape index (κ1) is 17.0. The van der Waals surface area contributed by atoms with Crippen molar-refractivity contribution in [3.8, 4) is 11.5 Å². The maximum Gasteiger partial charge on any atom is 0.316 e. The van der Waals surface area contributed by atoms with Crippen LogP contribution in [0.25, 0.3) is 0 Å². The second kappa shape index (κ2) is 7.67. The number of Topliss-reactive ketones (excluding diaryl/α,β-unsaturated/α-hetero) is 1. The van der Waals surface area contributed by atoms with E-state index in [2.05, 4.69) is 6.92 Å². The van der Waals surface area contributed by atoms with Crippen LogP contribution in [-0.4, -0.2) is 32.6 Å². The van der Waals surface area contributed by atoms with Gasteiger partial charge in [0.2, 0.25) is 0 Å². The van der Waals surface area contributed by atoms with Crippen LogP contribution in [-0.2, 0) is 9.53 Å². The van der Waals surface area contributed by atoms with Crippen molar-refractivity contribution >= 4 is 11.8 Å². The van der Waals surface area contributed by atoms with Gasteiger partial charge in [0.05, 0.1) is 26.4 Å². The Morgan fingerprint density at radius 1 is 1.19 bits per heavy atom. The van der Waals surface area contributed by atoms with Crippen molar-refractivity contribution in [2.24, 2.45) is 5.92 Å². The molecular weight excluding hydrogens is 272 g/mol. The van der Waals surface area contributed by atoms with Gasteiger partial charge in [-0.2, -0.15) is 0 Å². The number of methoxy groups -OCH3 is 2. The molecule has 0 aliphatic rings. The Labute approximate surface area is 125 Å². The number of carbonyl (C=O) groups excluding carboxylic acids is 2. The van der Waals surface area contributed by atoms with E-state index in [-0.39, 0.29) is 18.0 Å². The first-order chi connectivity index (χ1) is 9.99. The van der Waals surface area contributed by atoms with Gasteiger partial charge in [-0.3, -0.25) is 9.59 Å². The van der Waals surface area contributed by atoms with Crippen LogP contribution in [0.15, 0.2) is 12.1 Å². The normalized spacial score (nSPS) is 11.7. The number of hydrogen-bond donors (Lipinski definition) is 0. The molecule has 1 rings (SSSR count). The average molecular weight is 293 g/mol. The molecule has 0 amide bonds. The highest BCUT2D eigenvalue weighted by Crippen LogP contribution is 2.31. The van der Waals surface area contributed by atoms with Crippen molar-refractivity contribution in [3.05, 3.63) is 30.2 Å². The lowest BCUT2D eigenvalue weighted by Crippen LogP contribution is -2.26. The number of ketones is 1. The van der Waals surface area contributed by atoms with Crippen molar-refractivity contribution in [3.63, 3.8) is 0 Å². The van der Waals surface area contributed by atoms with Crippen LogP contribution in [0.4, 0.5) is 0 Å². The largest absolute Gasteiger partial charge is 0.497 e. The highest BCUT2D eigenvalue weighted by Gasteiger charge is 2.30. The Bertz CT molecular complexity index is 522. The molecule has 0 aromatic heterocycles. The third-order valence-electron chi connectivity index (χ3n) is 3.14. The van der Waals surface area contributed by atoms with E-state index in [0.29, 0.717) is 23.5 Å². The second-order valence-corrected chi connectivity index (χ2v) is 4.44. The maximum absolute atomic E-state index is 12.6. The van der Waals surface area contributed by atoms with Gasteiger partial charge in [-0.05, 0) is 38.0 Å². The van der Waals surface area contributed by atoms with Gasteiger partial charge in [0.1, 0.15) is 17.4 Å². The monoisotopic (exact) mass is 293 g/mol. The zero-order chi connectivity index (χ0) is 16.0. The zero-order valence-corrected chi connectivity index (χ0v) is 12.9. The van der Waals surface area contributed by atoms with Gasteiger partial charge in [0, 0.05) is 0 Å². The van der Waals surface area contributed by atoms with E-state index in [1.54, 1.807) is 26.0 Å². The van der Waals surface area contributed by atoms with Crippen LogP contribution in [0.3, 0.4) is 0 Å². The number of hydrogen-bond acceptors (Lipinski definition) is 5. The fourth-order valence-corrected chi connectivity index (χ4v) is 2.09. The van der Waals surface area contributed by atoms with Crippen LogP contribution >= 0.6 is 0 Å². The fraction of sp³-hybridized carbons (Fsp3) is 0.438. The molecule has 0 spiro atoms. The van der Waals surface area contributed by atoms with Crippen molar-refractivity contribution < 1.29 is 23.8 Å². The molecule has 1 unspecified atom stereocenters. The van der Waals surface area contributed by atoms with Crippen LogP contribution < -0.4 is 9.47 Å². The summed E-state index contributed by atoms with van der Waals surface area (Å²) in [7, 11) is 2.96. The van der Waals surface area contributed by atoms with E-state index < -0.39 is 11.9 Å². The molecule has 0 aliphatic carbocycles. The van der Waals surface area contributed by atoms with E-state index in [0.717, 1.165) is 0 Å². The Kier molecular flexibility index (Phi) is 6.21. The lowest BCUT2D eigenvalue weighted by Gasteiger charge is -2.17. The summed E-state index contributed by atoms with van der Waals surface area (Å²) in [5.41, 5.74) is 0.806. The highest BCUT2D eigenvalue weighted by atomic mass is 16.5. The standard InChI is InChI=1S/C16H21O5/c1-6-12(16(18)21-7-2)14(17)13-9-11(19-4)8-10(3)15(13)20-5/h8-9,12H,3,6-7H2,1-2,4-5H3. The van der Waals surface area contributed by atoms with E-state index in [1.165, 1.54) is 14.2 Å². The quantitative estimate of drug-likeness (QED) is 0.439. The van der Waals surface area contributed by atoms with Crippen molar-refractivity contribution in [1.29, 1.82) is 0 Å². The summed E-state index contributed by atoms with van der Waals surface area (Å²) in [5.74, 6) is -0.895. The molecule has 0 aliphatic heterocycles. The number of esters is 1. The van der Waals surface area contributed by atoms with Gasteiger partial charge in [0.15, 0.2) is 5.78 Å². The molecule has 0 N–H and O–H groups in total. The SMILES string of the molecule is [CH2]c1cc(OC)cc(C(=O)C(CC)C(=O)OCC)c1OC. The molecular formula is C16H21O5. The molecule has 5 heteroatoms. The number of benzene rings is 1. The van der Waals surface area contributed by atoms with Crippen molar-refractivity contribution in [2.45, 2.75) is 20.3 Å². The third-order valence-corrected chi connectivity index (χ3v) is 3.14. The summed E-state index contributed by atoms with van der Waals surface area (Å²) in [6, 6.07) is 3.22. The molecule has 21 heavy (non-hydrogen) atoms. The van der Waals surface area contributed by atoms with Gasteiger partial charge in [-0.25, -0.2) is 0 Å². The van der Waals surface area contributed by atoms with Gasteiger partial charge in [0.25, 0.3) is 0 Å². The number of ether oxygens (including phenoxy) is 3. The fourth-order valence-electron chi connectivity index (χ4n) is 2.09. The Morgan fingerprint density at radius 3 is 2.33 bits per heavy atom. The van der Waals surface area contributed by atoms with Crippen molar-refractivity contribution in [2.75, 3.05) is 20.8 Å². The number of carbonyl (C=O) groups is 2. The molecule has 0 saturated carbocycles. The van der Waals surface area contributed by atoms with Crippen LogP contribution in [0.1, 0.15) is 36.2 Å². The molecule has 1 radical (unpaired) electrons. The predicted octanol–water partition coefficient (Wildman–Crippen LogP) is 2.66. The molecule has 0 fully saturated rings. The molecule has 0 heterocycles. The average Bonchev–Trinajstić information content (AvgIpc) is 2.47. The molecule has 5 nitrogen and oxygen atoms in total. The first-order valence-electron chi connectivity index (χ1n) is 6.78.